The highest BCUT2D eigenvalue weighted by molar-refractivity contribution is 7.13. The van der Waals surface area contributed by atoms with Gasteiger partial charge in [-0.05, 0) is 0 Å². The Labute approximate surface area is 114 Å². The van der Waals surface area contributed by atoms with Gasteiger partial charge in [0.2, 0.25) is 5.13 Å². The molecule has 19 heavy (non-hydrogen) atoms. The van der Waals surface area contributed by atoms with Gasteiger partial charge in [0.05, 0.1) is 13.2 Å². The summed E-state index contributed by atoms with van der Waals surface area (Å²) in [7, 11) is 0. The Hall–Kier alpha value is -1.58. The van der Waals surface area contributed by atoms with Crippen LogP contribution in [0.4, 0.5) is 5.13 Å². The summed E-state index contributed by atoms with van der Waals surface area (Å²) in [6.45, 7) is 4.28. The van der Waals surface area contributed by atoms with Gasteiger partial charge in [-0.15, -0.1) is 10.2 Å². The fourth-order valence-corrected chi connectivity index (χ4v) is 2.05. The molecule has 1 aromatic rings. The van der Waals surface area contributed by atoms with Crippen molar-refractivity contribution in [1.29, 1.82) is 0 Å². The van der Waals surface area contributed by atoms with Crippen LogP contribution in [0.3, 0.4) is 0 Å². The number of carbonyl (C=O) groups excluding carboxylic acids is 2. The van der Waals surface area contributed by atoms with Crippen LogP contribution in [0, 0.1) is 0 Å². The van der Waals surface area contributed by atoms with Crippen LogP contribution in [0.2, 0.25) is 0 Å². The van der Waals surface area contributed by atoms with Crippen LogP contribution in [0.25, 0.3) is 0 Å². The molecule has 0 atom stereocenters. The SMILES string of the molecule is O=C(NCCN1CCOCC1)C(=O)Nc1nncs1. The van der Waals surface area contributed by atoms with E-state index in [0.29, 0.717) is 31.4 Å². The van der Waals surface area contributed by atoms with E-state index in [9.17, 15) is 9.59 Å². The minimum absolute atomic E-state index is 0.313. The van der Waals surface area contributed by atoms with Crippen LogP contribution < -0.4 is 10.6 Å². The Bertz CT molecular complexity index is 419. The van der Waals surface area contributed by atoms with Crippen LogP contribution in [-0.2, 0) is 14.3 Å². The number of aromatic nitrogens is 2. The van der Waals surface area contributed by atoms with Crippen LogP contribution >= 0.6 is 11.3 Å². The molecule has 1 aromatic heterocycles. The molecule has 8 nitrogen and oxygen atoms in total. The number of nitrogens with zero attached hydrogens (tertiary/aromatic N) is 3. The van der Waals surface area contributed by atoms with Crippen molar-refractivity contribution in [3.05, 3.63) is 5.51 Å². The monoisotopic (exact) mass is 285 g/mol. The van der Waals surface area contributed by atoms with E-state index in [2.05, 4.69) is 25.7 Å². The predicted molar refractivity (Wildman–Crippen MR) is 68.8 cm³/mol. The average molecular weight is 285 g/mol. The van der Waals surface area contributed by atoms with Crippen LogP contribution in [0.15, 0.2) is 5.51 Å². The number of nitrogens with one attached hydrogen (secondary N) is 2. The molecule has 0 bridgehead atoms. The van der Waals surface area contributed by atoms with Gasteiger partial charge in [0.1, 0.15) is 5.51 Å². The van der Waals surface area contributed by atoms with Crippen molar-refractivity contribution >= 4 is 28.3 Å². The van der Waals surface area contributed by atoms with E-state index in [1.165, 1.54) is 5.51 Å². The van der Waals surface area contributed by atoms with Gasteiger partial charge in [-0.3, -0.25) is 19.8 Å². The number of hydrogen-bond donors (Lipinski definition) is 2. The van der Waals surface area contributed by atoms with Crippen molar-refractivity contribution in [3.8, 4) is 0 Å². The first-order valence-electron chi connectivity index (χ1n) is 5.91. The van der Waals surface area contributed by atoms with Crippen molar-refractivity contribution in [2.75, 3.05) is 44.7 Å². The first-order chi connectivity index (χ1) is 9.25. The van der Waals surface area contributed by atoms with Crippen molar-refractivity contribution in [1.82, 2.24) is 20.4 Å². The van der Waals surface area contributed by atoms with Crippen LogP contribution in [0.5, 0.6) is 0 Å². The Kier molecular flexibility index (Phi) is 5.19. The second-order valence-corrected chi connectivity index (χ2v) is 4.74. The molecule has 9 heteroatoms. The van der Waals surface area contributed by atoms with Crippen LogP contribution in [-0.4, -0.2) is 66.3 Å². The van der Waals surface area contributed by atoms with E-state index in [4.69, 9.17) is 4.74 Å². The normalized spacial score (nSPS) is 16.0. The molecule has 104 valence electrons. The molecule has 1 fully saturated rings. The lowest BCUT2D eigenvalue weighted by atomic mass is 10.4. The maximum Gasteiger partial charge on any atom is 0.315 e. The number of amides is 2. The minimum atomic E-state index is -0.723. The Balaban J connectivity index is 1.64. The second kappa shape index (κ2) is 7.12. The molecule has 0 radical (unpaired) electrons. The zero-order valence-corrected chi connectivity index (χ0v) is 11.1. The number of morpholine rings is 1. The molecule has 1 aliphatic rings. The standard InChI is InChI=1S/C10H15N5O3S/c16-8(9(17)13-10-14-12-7-19-10)11-1-2-15-3-5-18-6-4-15/h7H,1-6H2,(H,11,16)(H,13,14,17). The molecular formula is C10H15N5O3S. The highest BCUT2D eigenvalue weighted by Gasteiger charge is 2.15. The summed E-state index contributed by atoms with van der Waals surface area (Å²) in [6, 6.07) is 0. The highest BCUT2D eigenvalue weighted by Crippen LogP contribution is 2.07. The van der Waals surface area contributed by atoms with Gasteiger partial charge in [0.25, 0.3) is 0 Å². The highest BCUT2D eigenvalue weighted by atomic mass is 32.1. The molecule has 0 unspecified atom stereocenters. The lowest BCUT2D eigenvalue weighted by Gasteiger charge is -2.26. The van der Waals surface area contributed by atoms with Gasteiger partial charge in [-0.25, -0.2) is 0 Å². The van der Waals surface area contributed by atoms with Crippen molar-refractivity contribution in [2.24, 2.45) is 0 Å². The molecule has 0 spiro atoms. The Morgan fingerprint density at radius 2 is 2.16 bits per heavy atom. The van der Waals surface area contributed by atoms with E-state index in [1.807, 2.05) is 0 Å². The molecule has 0 saturated carbocycles. The fraction of sp³-hybridized carbons (Fsp3) is 0.600. The molecule has 0 aliphatic carbocycles. The van der Waals surface area contributed by atoms with Gasteiger partial charge in [0.15, 0.2) is 0 Å². The summed E-state index contributed by atoms with van der Waals surface area (Å²) in [6.07, 6.45) is 0. The fourth-order valence-electron chi connectivity index (χ4n) is 1.61. The summed E-state index contributed by atoms with van der Waals surface area (Å²) in [5.41, 5.74) is 1.48. The number of anilines is 1. The van der Waals surface area contributed by atoms with Crippen molar-refractivity contribution < 1.29 is 14.3 Å². The Morgan fingerprint density at radius 3 is 2.84 bits per heavy atom. The van der Waals surface area contributed by atoms with E-state index in [0.717, 1.165) is 24.4 Å². The third-order valence-electron chi connectivity index (χ3n) is 2.60. The summed E-state index contributed by atoms with van der Waals surface area (Å²) in [5.74, 6) is -1.39. The molecular weight excluding hydrogens is 270 g/mol. The summed E-state index contributed by atoms with van der Waals surface area (Å²) in [5, 5.41) is 12.4. The maximum atomic E-state index is 11.5. The van der Waals surface area contributed by atoms with Crippen LogP contribution in [0.1, 0.15) is 0 Å². The van der Waals surface area contributed by atoms with Gasteiger partial charge in [-0.1, -0.05) is 11.3 Å². The predicted octanol–water partition coefficient (Wildman–Crippen LogP) is -1.07. The smallest absolute Gasteiger partial charge is 0.315 e. The lowest BCUT2D eigenvalue weighted by molar-refractivity contribution is -0.136. The number of rotatable bonds is 4. The van der Waals surface area contributed by atoms with E-state index < -0.39 is 11.8 Å². The van der Waals surface area contributed by atoms with Gasteiger partial charge in [0, 0.05) is 26.2 Å². The molecule has 2 N–H and O–H groups in total. The minimum Gasteiger partial charge on any atom is -0.379 e. The average Bonchev–Trinajstić information content (AvgIpc) is 2.92. The van der Waals surface area contributed by atoms with E-state index >= 15 is 0 Å². The molecule has 1 saturated heterocycles. The van der Waals surface area contributed by atoms with Crippen molar-refractivity contribution in [3.63, 3.8) is 0 Å². The Morgan fingerprint density at radius 1 is 1.37 bits per heavy atom. The van der Waals surface area contributed by atoms with Gasteiger partial charge in [-0.2, -0.15) is 0 Å². The first-order valence-corrected chi connectivity index (χ1v) is 6.79. The zero-order valence-electron chi connectivity index (χ0n) is 10.3. The van der Waals surface area contributed by atoms with E-state index in [1.54, 1.807) is 0 Å². The summed E-state index contributed by atoms with van der Waals surface area (Å²) in [4.78, 5) is 25.1. The molecule has 2 heterocycles. The lowest BCUT2D eigenvalue weighted by Crippen LogP contribution is -2.43. The number of carbonyl (C=O) groups is 2. The van der Waals surface area contributed by atoms with E-state index in [-0.39, 0.29) is 0 Å². The molecule has 0 aromatic carbocycles. The topological polar surface area (TPSA) is 96.5 Å². The quantitative estimate of drug-likeness (QED) is 0.684. The summed E-state index contributed by atoms with van der Waals surface area (Å²) < 4.78 is 5.22. The third kappa shape index (κ3) is 4.54. The molecule has 2 amide bonds. The van der Waals surface area contributed by atoms with Crippen molar-refractivity contribution in [2.45, 2.75) is 0 Å². The zero-order chi connectivity index (χ0) is 13.5. The van der Waals surface area contributed by atoms with Gasteiger partial charge >= 0.3 is 11.8 Å². The molecule has 1 aliphatic heterocycles. The number of ether oxygens (including phenoxy) is 1. The first kappa shape index (κ1) is 13.8. The number of hydrogen-bond acceptors (Lipinski definition) is 7. The molecule has 2 rings (SSSR count). The summed E-state index contributed by atoms with van der Waals surface area (Å²) >= 11 is 1.16. The maximum absolute atomic E-state index is 11.5. The second-order valence-electron chi connectivity index (χ2n) is 3.91. The van der Waals surface area contributed by atoms with Gasteiger partial charge < -0.3 is 10.1 Å². The largest absolute Gasteiger partial charge is 0.379 e. The third-order valence-corrected chi connectivity index (χ3v) is 3.21.